The summed E-state index contributed by atoms with van der Waals surface area (Å²) in [5.74, 6) is 0.280. The second-order valence-corrected chi connectivity index (χ2v) is 5.29. The molecule has 0 radical (unpaired) electrons. The normalized spacial score (nSPS) is 25.3. The van der Waals surface area contributed by atoms with Crippen molar-refractivity contribution in [2.45, 2.75) is 52.5 Å². The molecule has 88 valence electrons. The van der Waals surface area contributed by atoms with E-state index in [-0.39, 0.29) is 17.4 Å². The smallest absolute Gasteiger partial charge is 0.222 e. The molecule has 1 fully saturated rings. The SMILES string of the molecule is CCCCC(=O)N1CCC(C)(C)C(N)C1. The molecule has 1 saturated heterocycles. The lowest BCUT2D eigenvalue weighted by Crippen LogP contribution is -2.54. The van der Waals surface area contributed by atoms with Crippen LogP contribution >= 0.6 is 0 Å². The molecule has 0 saturated carbocycles. The maximum Gasteiger partial charge on any atom is 0.222 e. The van der Waals surface area contributed by atoms with Gasteiger partial charge in [-0.1, -0.05) is 27.2 Å². The molecule has 1 amide bonds. The number of rotatable bonds is 3. The Hall–Kier alpha value is -0.570. The zero-order valence-corrected chi connectivity index (χ0v) is 10.3. The minimum Gasteiger partial charge on any atom is -0.341 e. The Labute approximate surface area is 93.0 Å². The largest absolute Gasteiger partial charge is 0.341 e. The molecular weight excluding hydrogens is 188 g/mol. The van der Waals surface area contributed by atoms with Gasteiger partial charge in [0.15, 0.2) is 0 Å². The third-order valence-corrected chi connectivity index (χ3v) is 3.54. The molecule has 2 N–H and O–H groups in total. The van der Waals surface area contributed by atoms with Gasteiger partial charge in [-0.3, -0.25) is 4.79 Å². The minimum absolute atomic E-state index is 0.122. The number of likely N-dealkylation sites (tertiary alicyclic amines) is 1. The van der Waals surface area contributed by atoms with Crippen molar-refractivity contribution >= 4 is 5.91 Å². The Morgan fingerprint density at radius 3 is 2.73 bits per heavy atom. The fourth-order valence-corrected chi connectivity index (χ4v) is 1.90. The van der Waals surface area contributed by atoms with E-state index >= 15 is 0 Å². The molecule has 1 heterocycles. The summed E-state index contributed by atoms with van der Waals surface area (Å²) < 4.78 is 0. The van der Waals surface area contributed by atoms with E-state index in [1.807, 2.05) is 4.90 Å². The van der Waals surface area contributed by atoms with Crippen LogP contribution < -0.4 is 5.73 Å². The monoisotopic (exact) mass is 212 g/mol. The molecule has 0 spiro atoms. The summed E-state index contributed by atoms with van der Waals surface area (Å²) >= 11 is 0. The molecule has 0 aromatic carbocycles. The summed E-state index contributed by atoms with van der Waals surface area (Å²) in [5.41, 5.74) is 6.26. The molecule has 1 atom stereocenters. The predicted octanol–water partition coefficient (Wildman–Crippen LogP) is 1.76. The number of carbonyl (C=O) groups is 1. The summed E-state index contributed by atoms with van der Waals surface area (Å²) in [6, 6.07) is 0.122. The van der Waals surface area contributed by atoms with Crippen molar-refractivity contribution in [3.8, 4) is 0 Å². The first-order valence-electron chi connectivity index (χ1n) is 6.00. The summed E-state index contributed by atoms with van der Waals surface area (Å²) in [7, 11) is 0. The summed E-state index contributed by atoms with van der Waals surface area (Å²) in [6.07, 6.45) is 3.78. The highest BCUT2D eigenvalue weighted by Crippen LogP contribution is 2.29. The second-order valence-electron chi connectivity index (χ2n) is 5.29. The predicted molar refractivity (Wildman–Crippen MR) is 62.5 cm³/mol. The van der Waals surface area contributed by atoms with Crippen LogP contribution in [0.4, 0.5) is 0 Å². The standard InChI is InChI=1S/C12H24N2O/c1-4-5-6-11(15)14-8-7-12(2,3)10(13)9-14/h10H,4-9,13H2,1-3H3. The van der Waals surface area contributed by atoms with Gasteiger partial charge in [0.1, 0.15) is 0 Å². The number of hydrogen-bond acceptors (Lipinski definition) is 2. The Kier molecular flexibility index (Phi) is 4.14. The minimum atomic E-state index is 0.122. The van der Waals surface area contributed by atoms with Crippen LogP contribution in [0.15, 0.2) is 0 Å². The lowest BCUT2D eigenvalue weighted by molar-refractivity contribution is -0.133. The fourth-order valence-electron chi connectivity index (χ4n) is 1.90. The van der Waals surface area contributed by atoms with Crippen LogP contribution in [0.1, 0.15) is 46.5 Å². The lowest BCUT2D eigenvalue weighted by Gasteiger charge is -2.42. The first-order chi connectivity index (χ1) is 6.97. The van der Waals surface area contributed by atoms with E-state index in [1.54, 1.807) is 0 Å². The van der Waals surface area contributed by atoms with Crippen LogP contribution in [-0.4, -0.2) is 29.9 Å². The van der Waals surface area contributed by atoms with Gasteiger partial charge >= 0.3 is 0 Å². The van der Waals surface area contributed by atoms with Gasteiger partial charge in [-0.2, -0.15) is 0 Å². The van der Waals surface area contributed by atoms with E-state index in [1.165, 1.54) is 0 Å². The number of nitrogens with zero attached hydrogens (tertiary/aromatic N) is 1. The Morgan fingerprint density at radius 2 is 2.20 bits per heavy atom. The van der Waals surface area contributed by atoms with E-state index in [0.717, 1.165) is 32.4 Å². The maximum absolute atomic E-state index is 11.8. The fraction of sp³-hybridized carbons (Fsp3) is 0.917. The molecule has 0 aromatic heterocycles. The third-order valence-electron chi connectivity index (χ3n) is 3.54. The topological polar surface area (TPSA) is 46.3 Å². The van der Waals surface area contributed by atoms with Crippen LogP contribution in [0.2, 0.25) is 0 Å². The third kappa shape index (κ3) is 3.20. The molecular formula is C12H24N2O. The van der Waals surface area contributed by atoms with Gasteiger partial charge in [-0.15, -0.1) is 0 Å². The zero-order chi connectivity index (χ0) is 11.5. The van der Waals surface area contributed by atoms with Crippen molar-refractivity contribution in [1.29, 1.82) is 0 Å². The number of unbranched alkanes of at least 4 members (excludes halogenated alkanes) is 1. The molecule has 1 unspecified atom stereocenters. The zero-order valence-electron chi connectivity index (χ0n) is 10.3. The highest BCUT2D eigenvalue weighted by atomic mass is 16.2. The first kappa shape index (κ1) is 12.5. The number of piperidine rings is 1. The van der Waals surface area contributed by atoms with Crippen molar-refractivity contribution < 1.29 is 4.79 Å². The summed E-state index contributed by atoms with van der Waals surface area (Å²) in [5, 5.41) is 0. The van der Waals surface area contributed by atoms with Gasteiger partial charge in [0.25, 0.3) is 0 Å². The van der Waals surface area contributed by atoms with Crippen molar-refractivity contribution in [3.63, 3.8) is 0 Å². The lowest BCUT2D eigenvalue weighted by atomic mass is 9.78. The maximum atomic E-state index is 11.8. The average molecular weight is 212 g/mol. The molecule has 15 heavy (non-hydrogen) atoms. The van der Waals surface area contributed by atoms with Gasteiger partial charge in [0, 0.05) is 25.6 Å². The van der Waals surface area contributed by atoms with Crippen molar-refractivity contribution in [1.82, 2.24) is 4.90 Å². The first-order valence-corrected chi connectivity index (χ1v) is 6.00. The van der Waals surface area contributed by atoms with Gasteiger partial charge in [0.2, 0.25) is 5.91 Å². The number of hydrogen-bond donors (Lipinski definition) is 1. The van der Waals surface area contributed by atoms with Crippen LogP contribution in [-0.2, 0) is 4.79 Å². The van der Waals surface area contributed by atoms with E-state index < -0.39 is 0 Å². The molecule has 1 aliphatic rings. The second kappa shape index (κ2) is 4.97. The van der Waals surface area contributed by atoms with Crippen molar-refractivity contribution in [2.24, 2.45) is 11.1 Å². The van der Waals surface area contributed by atoms with Crippen molar-refractivity contribution in [3.05, 3.63) is 0 Å². The molecule has 0 aliphatic carbocycles. The van der Waals surface area contributed by atoms with Gasteiger partial charge in [0.05, 0.1) is 0 Å². The van der Waals surface area contributed by atoms with Gasteiger partial charge < -0.3 is 10.6 Å². The van der Waals surface area contributed by atoms with Crippen LogP contribution in [0.25, 0.3) is 0 Å². The van der Waals surface area contributed by atoms with Crippen LogP contribution in [0, 0.1) is 5.41 Å². The Morgan fingerprint density at radius 1 is 1.53 bits per heavy atom. The van der Waals surface area contributed by atoms with E-state index in [9.17, 15) is 4.79 Å². The molecule has 1 rings (SSSR count). The van der Waals surface area contributed by atoms with Crippen molar-refractivity contribution in [2.75, 3.05) is 13.1 Å². The molecule has 3 nitrogen and oxygen atoms in total. The van der Waals surface area contributed by atoms with E-state index in [0.29, 0.717) is 6.42 Å². The Balaban J connectivity index is 2.43. The van der Waals surface area contributed by atoms with Gasteiger partial charge in [-0.25, -0.2) is 0 Å². The van der Waals surface area contributed by atoms with E-state index in [4.69, 9.17) is 5.73 Å². The molecule has 0 aromatic rings. The average Bonchev–Trinajstić information content (AvgIpc) is 2.18. The molecule has 1 aliphatic heterocycles. The number of carbonyl (C=O) groups excluding carboxylic acids is 1. The van der Waals surface area contributed by atoms with Crippen LogP contribution in [0.5, 0.6) is 0 Å². The Bertz CT molecular complexity index is 226. The highest BCUT2D eigenvalue weighted by Gasteiger charge is 2.34. The molecule has 0 bridgehead atoms. The summed E-state index contributed by atoms with van der Waals surface area (Å²) in [4.78, 5) is 13.7. The number of nitrogens with two attached hydrogens (primary N) is 1. The highest BCUT2D eigenvalue weighted by molar-refractivity contribution is 5.76. The van der Waals surface area contributed by atoms with Gasteiger partial charge in [-0.05, 0) is 18.3 Å². The number of amides is 1. The quantitative estimate of drug-likeness (QED) is 0.775. The van der Waals surface area contributed by atoms with Crippen LogP contribution in [0.3, 0.4) is 0 Å². The van der Waals surface area contributed by atoms with E-state index in [2.05, 4.69) is 20.8 Å². The summed E-state index contributed by atoms with van der Waals surface area (Å²) in [6.45, 7) is 8.09. The molecule has 3 heteroatoms.